The first-order chi connectivity index (χ1) is 12.6. The number of halogens is 1. The monoisotopic (exact) mass is 386 g/mol. The van der Waals surface area contributed by atoms with E-state index >= 15 is 0 Å². The van der Waals surface area contributed by atoms with Crippen LogP contribution in [0.1, 0.15) is 28.8 Å². The largest absolute Gasteiger partial charge is 0.398 e. The third-order valence-electron chi connectivity index (χ3n) is 5.02. The highest BCUT2D eigenvalue weighted by Crippen LogP contribution is 2.32. The third kappa shape index (κ3) is 3.57. The Bertz CT molecular complexity index is 871. The number of carbonyl (C=O) groups excluding carboxylic acids is 2. The summed E-state index contributed by atoms with van der Waals surface area (Å²) in [7, 11) is 0. The molecule has 0 atom stereocenters. The Balaban J connectivity index is 0.00000210. The molecule has 6 nitrogen and oxygen atoms in total. The first-order valence-electron chi connectivity index (χ1n) is 9.00. The average molecular weight is 387 g/mol. The van der Waals surface area contributed by atoms with E-state index in [1.807, 2.05) is 30.3 Å². The summed E-state index contributed by atoms with van der Waals surface area (Å²) in [6, 6.07) is 12.9. The topological polar surface area (TPSA) is 78.7 Å². The summed E-state index contributed by atoms with van der Waals surface area (Å²) in [6.45, 7) is 2.02. The van der Waals surface area contributed by atoms with Crippen LogP contribution in [0.15, 0.2) is 42.5 Å². The Hall–Kier alpha value is -2.73. The highest BCUT2D eigenvalue weighted by Gasteiger charge is 2.26. The number of anilines is 3. The van der Waals surface area contributed by atoms with Gasteiger partial charge in [0.25, 0.3) is 5.91 Å². The first-order valence-corrected chi connectivity index (χ1v) is 9.00. The van der Waals surface area contributed by atoms with Crippen LogP contribution < -0.4 is 20.9 Å². The van der Waals surface area contributed by atoms with Crippen LogP contribution in [-0.2, 0) is 6.42 Å². The Kier molecular flexibility index (Phi) is 5.56. The lowest BCUT2D eigenvalue weighted by Crippen LogP contribution is -2.46. The van der Waals surface area contributed by atoms with Gasteiger partial charge in [-0.05, 0) is 55.2 Å². The lowest BCUT2D eigenvalue weighted by molar-refractivity contribution is 0.0985. The number of benzene rings is 2. The number of fused-ring (bicyclic) bond motifs is 1. The van der Waals surface area contributed by atoms with Crippen molar-refractivity contribution in [2.75, 3.05) is 35.2 Å². The summed E-state index contributed by atoms with van der Waals surface area (Å²) in [5.41, 5.74) is 10.1. The zero-order chi connectivity index (χ0) is 18.1. The van der Waals surface area contributed by atoms with Crippen molar-refractivity contribution in [2.45, 2.75) is 19.3 Å². The molecule has 2 heterocycles. The molecule has 7 heteroatoms. The molecule has 3 amide bonds. The number of nitrogen functional groups attached to an aromatic ring is 1. The molecule has 2 aliphatic heterocycles. The first kappa shape index (κ1) is 19.0. The lowest BCUT2D eigenvalue weighted by atomic mass is 9.99. The van der Waals surface area contributed by atoms with Gasteiger partial charge in [-0.1, -0.05) is 12.1 Å². The smallest absolute Gasteiger partial charge is 0.321 e. The Labute approximate surface area is 164 Å². The summed E-state index contributed by atoms with van der Waals surface area (Å²) in [4.78, 5) is 28.7. The minimum atomic E-state index is -0.114. The molecule has 27 heavy (non-hydrogen) atoms. The van der Waals surface area contributed by atoms with Crippen LogP contribution in [0.3, 0.4) is 0 Å². The molecule has 1 saturated heterocycles. The molecule has 0 saturated carbocycles. The van der Waals surface area contributed by atoms with E-state index in [0.29, 0.717) is 25.2 Å². The number of amides is 3. The Morgan fingerprint density at radius 3 is 2.70 bits per heavy atom. The number of hydrogen-bond acceptors (Lipinski definition) is 3. The normalized spacial score (nSPS) is 16.2. The number of nitrogens with two attached hydrogens (primary N) is 1. The molecule has 142 valence electrons. The van der Waals surface area contributed by atoms with Crippen LogP contribution in [0.5, 0.6) is 0 Å². The molecular weight excluding hydrogens is 364 g/mol. The van der Waals surface area contributed by atoms with Gasteiger partial charge in [0.2, 0.25) is 0 Å². The van der Waals surface area contributed by atoms with Crippen molar-refractivity contribution in [1.82, 2.24) is 5.32 Å². The molecule has 1 fully saturated rings. The van der Waals surface area contributed by atoms with Gasteiger partial charge in [0.15, 0.2) is 0 Å². The van der Waals surface area contributed by atoms with Crippen molar-refractivity contribution >= 4 is 41.4 Å². The fraction of sp³-hybridized carbons (Fsp3) is 0.300. The number of carbonyl (C=O) groups is 2. The maximum atomic E-state index is 13.2. The molecule has 0 bridgehead atoms. The summed E-state index contributed by atoms with van der Waals surface area (Å²) >= 11 is 0. The van der Waals surface area contributed by atoms with Gasteiger partial charge in [0, 0.05) is 42.3 Å². The van der Waals surface area contributed by atoms with Crippen LogP contribution in [0.2, 0.25) is 0 Å². The van der Waals surface area contributed by atoms with Crippen molar-refractivity contribution in [3.8, 4) is 0 Å². The fourth-order valence-corrected chi connectivity index (χ4v) is 3.70. The standard InChI is InChI=1S/C20H22N4O2.ClH/c21-17-8-2-9-18-16(17)7-3-11-24(18)19(25)14-5-1-6-15(13-14)23-12-4-10-22-20(23)26;/h1-2,5-6,8-9,13H,3-4,7,10-12,21H2,(H,22,26);1H. The van der Waals surface area contributed by atoms with Gasteiger partial charge < -0.3 is 16.0 Å². The molecule has 0 unspecified atom stereocenters. The lowest BCUT2D eigenvalue weighted by Gasteiger charge is -2.31. The van der Waals surface area contributed by atoms with E-state index in [9.17, 15) is 9.59 Å². The quantitative estimate of drug-likeness (QED) is 0.778. The van der Waals surface area contributed by atoms with E-state index in [4.69, 9.17) is 5.73 Å². The van der Waals surface area contributed by atoms with Crippen LogP contribution in [-0.4, -0.2) is 31.6 Å². The molecule has 0 radical (unpaired) electrons. The van der Waals surface area contributed by atoms with Crippen LogP contribution >= 0.6 is 12.4 Å². The van der Waals surface area contributed by atoms with Crippen molar-refractivity contribution in [2.24, 2.45) is 0 Å². The van der Waals surface area contributed by atoms with Crippen molar-refractivity contribution in [3.05, 3.63) is 53.6 Å². The second-order valence-corrected chi connectivity index (χ2v) is 6.69. The van der Waals surface area contributed by atoms with Crippen molar-refractivity contribution < 1.29 is 9.59 Å². The number of hydrogen-bond donors (Lipinski definition) is 2. The third-order valence-corrected chi connectivity index (χ3v) is 5.02. The second-order valence-electron chi connectivity index (χ2n) is 6.69. The summed E-state index contributed by atoms with van der Waals surface area (Å²) in [5.74, 6) is -0.0594. The van der Waals surface area contributed by atoms with Gasteiger partial charge in [-0.25, -0.2) is 4.79 Å². The molecule has 2 aliphatic rings. The summed E-state index contributed by atoms with van der Waals surface area (Å²) < 4.78 is 0. The van der Waals surface area contributed by atoms with Crippen LogP contribution in [0.4, 0.5) is 21.9 Å². The molecule has 4 rings (SSSR count). The number of nitrogens with zero attached hydrogens (tertiary/aromatic N) is 2. The molecule has 0 aliphatic carbocycles. The van der Waals surface area contributed by atoms with Crippen LogP contribution in [0, 0.1) is 0 Å². The van der Waals surface area contributed by atoms with E-state index in [-0.39, 0.29) is 24.3 Å². The Morgan fingerprint density at radius 1 is 1.07 bits per heavy atom. The van der Waals surface area contributed by atoms with Gasteiger partial charge in [-0.15, -0.1) is 12.4 Å². The van der Waals surface area contributed by atoms with E-state index < -0.39 is 0 Å². The zero-order valence-corrected chi connectivity index (χ0v) is 15.8. The highest BCUT2D eigenvalue weighted by atomic mass is 35.5. The molecule has 0 spiro atoms. The predicted molar refractivity (Wildman–Crippen MR) is 110 cm³/mol. The predicted octanol–water partition coefficient (Wildman–Crippen LogP) is 3.20. The van der Waals surface area contributed by atoms with Gasteiger partial charge in [0.05, 0.1) is 0 Å². The molecule has 0 aromatic heterocycles. The Morgan fingerprint density at radius 2 is 1.89 bits per heavy atom. The van der Waals surface area contributed by atoms with Gasteiger partial charge in [0.1, 0.15) is 0 Å². The average Bonchev–Trinajstić information content (AvgIpc) is 2.68. The van der Waals surface area contributed by atoms with Gasteiger partial charge in [-0.3, -0.25) is 9.69 Å². The second kappa shape index (κ2) is 7.88. The highest BCUT2D eigenvalue weighted by molar-refractivity contribution is 6.08. The number of urea groups is 1. The molecule has 2 aromatic carbocycles. The van der Waals surface area contributed by atoms with E-state index in [0.717, 1.165) is 41.9 Å². The summed E-state index contributed by atoms with van der Waals surface area (Å²) in [5, 5.41) is 2.84. The van der Waals surface area contributed by atoms with Crippen molar-refractivity contribution in [1.29, 1.82) is 0 Å². The molecular formula is C20H23ClN4O2. The SMILES string of the molecule is Cl.Nc1cccc2c1CCCN2C(=O)c1cccc(N2CCCNC2=O)c1. The van der Waals surface area contributed by atoms with E-state index in [1.165, 1.54) is 0 Å². The zero-order valence-electron chi connectivity index (χ0n) is 15.0. The minimum Gasteiger partial charge on any atom is -0.398 e. The maximum Gasteiger partial charge on any atom is 0.321 e. The summed E-state index contributed by atoms with van der Waals surface area (Å²) in [6.07, 6.45) is 2.67. The molecule has 3 N–H and O–H groups in total. The fourth-order valence-electron chi connectivity index (χ4n) is 3.70. The van der Waals surface area contributed by atoms with Gasteiger partial charge in [-0.2, -0.15) is 0 Å². The molecule has 2 aromatic rings. The van der Waals surface area contributed by atoms with Gasteiger partial charge >= 0.3 is 6.03 Å². The van der Waals surface area contributed by atoms with E-state index in [1.54, 1.807) is 21.9 Å². The number of rotatable bonds is 2. The van der Waals surface area contributed by atoms with Crippen molar-refractivity contribution in [3.63, 3.8) is 0 Å². The van der Waals surface area contributed by atoms with E-state index in [2.05, 4.69) is 5.32 Å². The minimum absolute atomic E-state index is 0. The van der Waals surface area contributed by atoms with Crippen LogP contribution in [0.25, 0.3) is 0 Å². The number of nitrogens with one attached hydrogen (secondary N) is 1. The maximum absolute atomic E-state index is 13.2.